The third kappa shape index (κ3) is 4.36. The maximum atomic E-state index is 9.36. The van der Waals surface area contributed by atoms with E-state index in [0.717, 1.165) is 23.9 Å². The molecule has 0 fully saturated rings. The Balaban J connectivity index is 2.14. The highest BCUT2D eigenvalue weighted by Gasteiger charge is 2.11. The molecule has 0 amide bonds. The lowest BCUT2D eigenvalue weighted by Crippen LogP contribution is -2.24. The topological polar surface area (TPSA) is 32.3 Å². The Kier molecular flexibility index (Phi) is 5.62. The fourth-order valence-electron chi connectivity index (χ4n) is 2.19. The van der Waals surface area contributed by atoms with Gasteiger partial charge in [0.15, 0.2) is 0 Å². The van der Waals surface area contributed by atoms with E-state index in [9.17, 15) is 5.11 Å². The minimum Gasteiger partial charge on any atom is -0.508 e. The fraction of sp³-hybridized carbons (Fsp3) is 0.294. The summed E-state index contributed by atoms with van der Waals surface area (Å²) in [6.07, 6.45) is 2.03. The molecule has 3 heteroatoms. The SMILES string of the molecule is CCCNC(Cc1ccc(O)cc1)c1ccc(Br)cc1. The van der Waals surface area contributed by atoms with E-state index in [1.807, 2.05) is 12.1 Å². The van der Waals surface area contributed by atoms with Gasteiger partial charge in [0.1, 0.15) is 5.75 Å². The van der Waals surface area contributed by atoms with E-state index in [1.54, 1.807) is 12.1 Å². The molecular weight excluding hydrogens is 314 g/mol. The van der Waals surface area contributed by atoms with Gasteiger partial charge in [0.2, 0.25) is 0 Å². The molecule has 1 unspecified atom stereocenters. The largest absolute Gasteiger partial charge is 0.508 e. The number of nitrogens with one attached hydrogen (secondary N) is 1. The number of hydrogen-bond acceptors (Lipinski definition) is 2. The molecule has 2 nitrogen and oxygen atoms in total. The summed E-state index contributed by atoms with van der Waals surface area (Å²) in [7, 11) is 0. The summed E-state index contributed by atoms with van der Waals surface area (Å²) < 4.78 is 1.10. The molecule has 2 rings (SSSR count). The van der Waals surface area contributed by atoms with E-state index in [4.69, 9.17) is 0 Å². The molecule has 106 valence electrons. The van der Waals surface area contributed by atoms with Crippen LogP contribution in [0.4, 0.5) is 0 Å². The van der Waals surface area contributed by atoms with Crippen LogP contribution >= 0.6 is 15.9 Å². The van der Waals surface area contributed by atoms with E-state index in [2.05, 4.69) is 52.4 Å². The van der Waals surface area contributed by atoms with Crippen LogP contribution in [0.5, 0.6) is 5.75 Å². The number of rotatable bonds is 6. The van der Waals surface area contributed by atoms with Crippen molar-refractivity contribution in [1.29, 1.82) is 0 Å². The van der Waals surface area contributed by atoms with Gasteiger partial charge >= 0.3 is 0 Å². The van der Waals surface area contributed by atoms with Crippen molar-refractivity contribution in [2.45, 2.75) is 25.8 Å². The van der Waals surface area contributed by atoms with Crippen molar-refractivity contribution in [3.63, 3.8) is 0 Å². The zero-order valence-electron chi connectivity index (χ0n) is 11.6. The van der Waals surface area contributed by atoms with Crippen LogP contribution in [-0.2, 0) is 6.42 Å². The van der Waals surface area contributed by atoms with Crippen LogP contribution in [0.15, 0.2) is 53.0 Å². The van der Waals surface area contributed by atoms with Crippen LogP contribution in [-0.4, -0.2) is 11.7 Å². The van der Waals surface area contributed by atoms with Crippen LogP contribution in [0.1, 0.15) is 30.5 Å². The van der Waals surface area contributed by atoms with Crippen molar-refractivity contribution in [2.75, 3.05) is 6.54 Å². The standard InChI is InChI=1S/C17H20BrNO/c1-2-11-19-17(14-5-7-15(18)8-6-14)12-13-3-9-16(20)10-4-13/h3-10,17,19-20H,2,11-12H2,1H3. The van der Waals surface area contributed by atoms with Crippen LogP contribution < -0.4 is 5.32 Å². The first kappa shape index (κ1) is 15.1. The Bertz CT molecular complexity index is 522. The van der Waals surface area contributed by atoms with Gasteiger partial charge in [0.05, 0.1) is 0 Å². The number of halogens is 1. The van der Waals surface area contributed by atoms with Gasteiger partial charge in [-0.3, -0.25) is 0 Å². The van der Waals surface area contributed by atoms with Gasteiger partial charge in [-0.15, -0.1) is 0 Å². The van der Waals surface area contributed by atoms with Crippen LogP contribution in [0.2, 0.25) is 0 Å². The van der Waals surface area contributed by atoms with Gasteiger partial charge in [-0.1, -0.05) is 47.1 Å². The molecule has 0 saturated heterocycles. The maximum absolute atomic E-state index is 9.36. The lowest BCUT2D eigenvalue weighted by molar-refractivity contribution is 0.474. The molecule has 2 N–H and O–H groups in total. The van der Waals surface area contributed by atoms with Gasteiger partial charge in [-0.2, -0.15) is 0 Å². The third-order valence-corrected chi connectivity index (χ3v) is 3.82. The van der Waals surface area contributed by atoms with Gasteiger partial charge in [0, 0.05) is 10.5 Å². The molecule has 0 spiro atoms. The number of aromatic hydroxyl groups is 1. The van der Waals surface area contributed by atoms with Crippen molar-refractivity contribution in [3.8, 4) is 5.75 Å². The second kappa shape index (κ2) is 7.46. The highest BCUT2D eigenvalue weighted by atomic mass is 79.9. The Hall–Kier alpha value is -1.32. The van der Waals surface area contributed by atoms with Crippen LogP contribution in [0.3, 0.4) is 0 Å². The molecule has 20 heavy (non-hydrogen) atoms. The summed E-state index contributed by atoms with van der Waals surface area (Å²) in [6.45, 7) is 3.17. The summed E-state index contributed by atoms with van der Waals surface area (Å²) in [5.41, 5.74) is 2.51. The first-order chi connectivity index (χ1) is 9.69. The molecule has 0 aliphatic heterocycles. The molecule has 0 radical (unpaired) electrons. The predicted octanol–water partition coefficient (Wildman–Crippen LogP) is 4.44. The number of phenols is 1. The second-order valence-corrected chi connectivity index (χ2v) is 5.84. The Morgan fingerprint density at radius 1 is 1.05 bits per heavy atom. The summed E-state index contributed by atoms with van der Waals surface area (Å²) >= 11 is 3.47. The molecule has 0 saturated carbocycles. The van der Waals surface area contributed by atoms with E-state index in [-0.39, 0.29) is 0 Å². The molecule has 2 aromatic rings. The lowest BCUT2D eigenvalue weighted by Gasteiger charge is -2.19. The van der Waals surface area contributed by atoms with Gasteiger partial charge in [0.25, 0.3) is 0 Å². The summed E-state index contributed by atoms with van der Waals surface area (Å²) in [5.74, 6) is 0.315. The molecule has 2 aromatic carbocycles. The second-order valence-electron chi connectivity index (χ2n) is 4.93. The van der Waals surface area contributed by atoms with Crippen molar-refractivity contribution in [3.05, 3.63) is 64.1 Å². The minimum atomic E-state index is 0.299. The average molecular weight is 334 g/mol. The fourth-order valence-corrected chi connectivity index (χ4v) is 2.45. The van der Waals surface area contributed by atoms with Crippen LogP contribution in [0.25, 0.3) is 0 Å². The monoisotopic (exact) mass is 333 g/mol. The van der Waals surface area contributed by atoms with E-state index < -0.39 is 0 Å². The van der Waals surface area contributed by atoms with Gasteiger partial charge in [-0.05, 0) is 54.8 Å². The molecule has 0 aliphatic rings. The molecule has 1 atom stereocenters. The predicted molar refractivity (Wildman–Crippen MR) is 87.0 cm³/mol. The Morgan fingerprint density at radius 2 is 1.70 bits per heavy atom. The van der Waals surface area contributed by atoms with Crippen molar-refractivity contribution < 1.29 is 5.11 Å². The average Bonchev–Trinajstić information content (AvgIpc) is 2.46. The summed E-state index contributed by atoms with van der Waals surface area (Å²) in [6, 6.07) is 16.2. The van der Waals surface area contributed by atoms with Crippen molar-refractivity contribution in [2.24, 2.45) is 0 Å². The molecule has 0 aromatic heterocycles. The Morgan fingerprint density at radius 3 is 2.30 bits per heavy atom. The Labute approximate surface area is 129 Å². The first-order valence-electron chi connectivity index (χ1n) is 6.96. The molecular formula is C17H20BrNO. The normalized spacial score (nSPS) is 12.3. The van der Waals surface area contributed by atoms with Gasteiger partial charge < -0.3 is 10.4 Å². The zero-order chi connectivity index (χ0) is 14.4. The summed E-state index contributed by atoms with van der Waals surface area (Å²) in [5, 5.41) is 12.9. The van der Waals surface area contributed by atoms with Crippen LogP contribution in [0, 0.1) is 0 Å². The molecule has 0 heterocycles. The number of phenolic OH excluding ortho intramolecular Hbond substituents is 1. The first-order valence-corrected chi connectivity index (χ1v) is 7.75. The quantitative estimate of drug-likeness (QED) is 0.819. The minimum absolute atomic E-state index is 0.299. The maximum Gasteiger partial charge on any atom is 0.115 e. The van der Waals surface area contributed by atoms with E-state index >= 15 is 0 Å². The van der Waals surface area contributed by atoms with Gasteiger partial charge in [-0.25, -0.2) is 0 Å². The lowest BCUT2D eigenvalue weighted by atomic mass is 9.98. The number of benzene rings is 2. The highest BCUT2D eigenvalue weighted by molar-refractivity contribution is 9.10. The van der Waals surface area contributed by atoms with E-state index in [1.165, 1.54) is 11.1 Å². The summed E-state index contributed by atoms with van der Waals surface area (Å²) in [4.78, 5) is 0. The van der Waals surface area contributed by atoms with Crippen molar-refractivity contribution in [1.82, 2.24) is 5.32 Å². The smallest absolute Gasteiger partial charge is 0.115 e. The molecule has 0 bridgehead atoms. The van der Waals surface area contributed by atoms with E-state index in [0.29, 0.717) is 11.8 Å². The number of hydrogen-bond donors (Lipinski definition) is 2. The van der Waals surface area contributed by atoms with Crippen molar-refractivity contribution >= 4 is 15.9 Å². The zero-order valence-corrected chi connectivity index (χ0v) is 13.2. The molecule has 0 aliphatic carbocycles. The highest BCUT2D eigenvalue weighted by Crippen LogP contribution is 2.22. The third-order valence-electron chi connectivity index (χ3n) is 3.29.